The van der Waals surface area contributed by atoms with Crippen molar-refractivity contribution in [3.63, 3.8) is 0 Å². The number of methoxy groups -OCH3 is 1. The van der Waals surface area contributed by atoms with Crippen LogP contribution in [0.25, 0.3) is 20.8 Å². The molecule has 1 N–H and O–H groups in total. The summed E-state index contributed by atoms with van der Waals surface area (Å²) in [6, 6.07) is 12.0. The first-order valence-electron chi connectivity index (χ1n) is 10.9. The van der Waals surface area contributed by atoms with Gasteiger partial charge in [0.1, 0.15) is 21.6 Å². The second kappa shape index (κ2) is 9.60. The van der Waals surface area contributed by atoms with Crippen molar-refractivity contribution in [3.05, 3.63) is 64.8 Å². The molecule has 8 nitrogen and oxygen atoms in total. The average Bonchev–Trinajstić information content (AvgIpc) is 3.43. The zero-order valence-corrected chi connectivity index (χ0v) is 21.4. The first-order valence-corrected chi connectivity index (χ1v) is 14.2. The van der Waals surface area contributed by atoms with Crippen LogP contribution in [-0.2, 0) is 32.3 Å². The number of halogens is 1. The molecule has 0 saturated heterocycles. The van der Waals surface area contributed by atoms with Gasteiger partial charge in [0.25, 0.3) is 0 Å². The highest BCUT2D eigenvalue weighted by molar-refractivity contribution is 7.92. The van der Waals surface area contributed by atoms with Crippen LogP contribution in [0.4, 0.5) is 14.2 Å². The highest BCUT2D eigenvalue weighted by Crippen LogP contribution is 2.45. The number of carbonyl (C=O) groups is 2. The Bertz CT molecular complexity index is 1550. The summed E-state index contributed by atoms with van der Waals surface area (Å²) in [6.07, 6.45) is 0.0993. The van der Waals surface area contributed by atoms with E-state index < -0.39 is 33.4 Å². The number of thiophene rings is 1. The maximum Gasteiger partial charge on any atom is 0.409 e. The van der Waals surface area contributed by atoms with E-state index in [-0.39, 0.29) is 4.90 Å². The van der Waals surface area contributed by atoms with E-state index in [0.29, 0.717) is 29.5 Å². The van der Waals surface area contributed by atoms with Crippen molar-refractivity contribution in [1.82, 2.24) is 9.88 Å². The van der Waals surface area contributed by atoms with Gasteiger partial charge >= 0.3 is 6.09 Å². The molecule has 1 aliphatic heterocycles. The van der Waals surface area contributed by atoms with E-state index in [2.05, 4.69) is 5.32 Å². The minimum absolute atomic E-state index is 0.135. The lowest BCUT2D eigenvalue weighted by atomic mass is 10.0. The predicted octanol–water partition coefficient (Wildman–Crippen LogP) is 4.70. The Morgan fingerprint density at radius 1 is 1.14 bits per heavy atom. The molecular formula is C24H20FN3O5S3. The molecule has 0 fully saturated rings. The molecule has 2 amide bonds. The summed E-state index contributed by atoms with van der Waals surface area (Å²) >= 11 is 2.77. The molecule has 4 aromatic rings. The zero-order valence-electron chi connectivity index (χ0n) is 19.0. The number of aromatic nitrogens is 1. The van der Waals surface area contributed by atoms with E-state index in [1.807, 2.05) is 24.3 Å². The van der Waals surface area contributed by atoms with Gasteiger partial charge in [0, 0.05) is 17.0 Å². The van der Waals surface area contributed by atoms with Gasteiger partial charge in [-0.25, -0.2) is 22.6 Å². The standard InChI is InChI=1S/C24H20FN3O5S3/c1-33-24(30)28-11-10-16-19(12-28)35-23(21(16)22-26-17-4-2-3-5-18(17)34-22)27-20(29)13-36(31,32)15-8-6-14(25)7-9-15/h2-9H,10-13H2,1H3,(H,27,29). The van der Waals surface area contributed by atoms with Crippen molar-refractivity contribution < 1.29 is 27.1 Å². The lowest BCUT2D eigenvalue weighted by Crippen LogP contribution is -2.35. The number of nitrogens with one attached hydrogen (secondary N) is 1. The molecule has 36 heavy (non-hydrogen) atoms. The van der Waals surface area contributed by atoms with Crippen molar-refractivity contribution in [2.75, 3.05) is 24.7 Å². The molecule has 1 aliphatic rings. The molecule has 0 unspecified atom stereocenters. The molecule has 0 saturated carbocycles. The molecular weight excluding hydrogens is 525 g/mol. The average molecular weight is 546 g/mol. The first-order chi connectivity index (χ1) is 17.2. The van der Waals surface area contributed by atoms with Gasteiger partial charge < -0.3 is 15.0 Å². The Balaban J connectivity index is 1.49. The molecule has 12 heteroatoms. The van der Waals surface area contributed by atoms with Gasteiger partial charge in [-0.05, 0) is 48.4 Å². The van der Waals surface area contributed by atoms with Crippen LogP contribution in [0.1, 0.15) is 10.4 Å². The van der Waals surface area contributed by atoms with Gasteiger partial charge in [-0.2, -0.15) is 0 Å². The van der Waals surface area contributed by atoms with E-state index in [4.69, 9.17) is 9.72 Å². The fraction of sp³-hybridized carbons (Fsp3) is 0.208. The fourth-order valence-corrected chi connectivity index (χ4v) is 7.57. The number of ether oxygens (including phenoxy) is 1. The molecule has 2 aromatic heterocycles. The summed E-state index contributed by atoms with van der Waals surface area (Å²) in [5, 5.41) is 3.95. The summed E-state index contributed by atoms with van der Waals surface area (Å²) in [5.41, 5.74) is 2.53. The molecule has 0 radical (unpaired) electrons. The number of rotatable bonds is 5. The Hall–Kier alpha value is -3.35. The number of anilines is 1. The number of nitrogens with zero attached hydrogens (tertiary/aromatic N) is 2. The van der Waals surface area contributed by atoms with Crippen molar-refractivity contribution in [2.24, 2.45) is 0 Å². The van der Waals surface area contributed by atoms with E-state index in [9.17, 15) is 22.4 Å². The Morgan fingerprint density at radius 2 is 1.89 bits per heavy atom. The van der Waals surface area contributed by atoms with Crippen LogP contribution in [0.3, 0.4) is 0 Å². The van der Waals surface area contributed by atoms with Crippen molar-refractivity contribution in [1.29, 1.82) is 0 Å². The highest BCUT2D eigenvalue weighted by Gasteiger charge is 2.30. The van der Waals surface area contributed by atoms with Gasteiger partial charge in [-0.3, -0.25) is 4.79 Å². The van der Waals surface area contributed by atoms with Crippen molar-refractivity contribution >= 4 is 59.7 Å². The molecule has 0 spiro atoms. The van der Waals surface area contributed by atoms with Crippen LogP contribution in [0, 0.1) is 5.82 Å². The number of para-hydroxylation sites is 1. The Labute approximate surface area is 214 Å². The number of carbonyl (C=O) groups excluding carboxylic acids is 2. The smallest absolute Gasteiger partial charge is 0.409 e. The number of benzene rings is 2. The SMILES string of the molecule is COC(=O)N1CCc2c(sc(NC(=O)CS(=O)(=O)c3ccc(F)cc3)c2-c2nc3ccccc3s2)C1. The Morgan fingerprint density at radius 3 is 2.61 bits per heavy atom. The van der Waals surface area contributed by atoms with Crippen LogP contribution in [0.2, 0.25) is 0 Å². The van der Waals surface area contributed by atoms with Gasteiger partial charge in [0.15, 0.2) is 9.84 Å². The van der Waals surface area contributed by atoms with Crippen LogP contribution in [0.5, 0.6) is 0 Å². The van der Waals surface area contributed by atoms with Crippen LogP contribution in [-0.4, -0.2) is 49.7 Å². The van der Waals surface area contributed by atoms with E-state index in [1.54, 1.807) is 4.90 Å². The van der Waals surface area contributed by atoms with Crippen molar-refractivity contribution in [3.8, 4) is 10.6 Å². The zero-order chi connectivity index (χ0) is 25.4. The third kappa shape index (κ3) is 4.71. The second-order valence-corrected chi connectivity index (χ2v) is 12.2. The Kier molecular flexibility index (Phi) is 6.49. The number of amides is 2. The summed E-state index contributed by atoms with van der Waals surface area (Å²) in [4.78, 5) is 32.0. The van der Waals surface area contributed by atoms with Gasteiger partial charge in [0.05, 0.1) is 28.8 Å². The predicted molar refractivity (Wildman–Crippen MR) is 137 cm³/mol. The third-order valence-corrected chi connectivity index (χ3v) is 9.56. The minimum Gasteiger partial charge on any atom is -0.453 e. The molecule has 186 valence electrons. The molecule has 2 aromatic carbocycles. The van der Waals surface area contributed by atoms with Crippen LogP contribution in [0.15, 0.2) is 53.4 Å². The van der Waals surface area contributed by atoms with E-state index in [0.717, 1.165) is 50.5 Å². The molecule has 5 rings (SSSR count). The largest absolute Gasteiger partial charge is 0.453 e. The number of hydrogen-bond donors (Lipinski definition) is 1. The third-order valence-electron chi connectivity index (χ3n) is 5.74. The van der Waals surface area contributed by atoms with Gasteiger partial charge in [0.2, 0.25) is 5.91 Å². The molecule has 3 heterocycles. The van der Waals surface area contributed by atoms with Crippen LogP contribution >= 0.6 is 22.7 Å². The highest BCUT2D eigenvalue weighted by atomic mass is 32.2. The summed E-state index contributed by atoms with van der Waals surface area (Å²) in [5.74, 6) is -2.08. The fourth-order valence-electron chi connectivity index (χ4n) is 4.04. The van der Waals surface area contributed by atoms with Gasteiger partial charge in [-0.15, -0.1) is 22.7 Å². The molecule has 0 atom stereocenters. The summed E-state index contributed by atoms with van der Waals surface area (Å²) in [6.45, 7) is 0.759. The number of sulfone groups is 1. The second-order valence-electron chi connectivity index (χ2n) is 8.10. The molecule has 0 bridgehead atoms. The van der Waals surface area contributed by atoms with Gasteiger partial charge in [-0.1, -0.05) is 12.1 Å². The monoisotopic (exact) mass is 545 g/mol. The minimum atomic E-state index is -3.98. The maximum atomic E-state index is 13.2. The normalized spacial score (nSPS) is 13.4. The lowest BCUT2D eigenvalue weighted by molar-refractivity contribution is -0.113. The maximum absolute atomic E-state index is 13.2. The number of fused-ring (bicyclic) bond motifs is 2. The number of hydrogen-bond acceptors (Lipinski definition) is 8. The first kappa shape index (κ1) is 24.3. The quantitative estimate of drug-likeness (QED) is 0.365. The van der Waals surface area contributed by atoms with Crippen LogP contribution < -0.4 is 5.32 Å². The lowest BCUT2D eigenvalue weighted by Gasteiger charge is -2.25. The topological polar surface area (TPSA) is 106 Å². The summed E-state index contributed by atoms with van der Waals surface area (Å²) in [7, 11) is -2.65. The molecule has 0 aliphatic carbocycles. The van der Waals surface area contributed by atoms with E-state index >= 15 is 0 Å². The summed E-state index contributed by atoms with van der Waals surface area (Å²) < 4.78 is 44.5. The van der Waals surface area contributed by atoms with E-state index in [1.165, 1.54) is 29.8 Å². The number of thiazole rings is 1. The van der Waals surface area contributed by atoms with Crippen molar-refractivity contribution in [2.45, 2.75) is 17.9 Å².